The highest BCUT2D eigenvalue weighted by atomic mass is 32.2. The van der Waals surface area contributed by atoms with Gasteiger partial charge in [-0.25, -0.2) is 4.98 Å². The third kappa shape index (κ3) is 4.12. The van der Waals surface area contributed by atoms with E-state index in [1.54, 1.807) is 31.2 Å². The van der Waals surface area contributed by atoms with Crippen molar-refractivity contribution in [3.8, 4) is 5.75 Å². The van der Waals surface area contributed by atoms with E-state index in [1.807, 2.05) is 0 Å². The summed E-state index contributed by atoms with van der Waals surface area (Å²) < 4.78 is 5.14. The van der Waals surface area contributed by atoms with E-state index in [0.717, 1.165) is 11.8 Å². The van der Waals surface area contributed by atoms with Crippen LogP contribution in [0.15, 0.2) is 52.4 Å². The van der Waals surface area contributed by atoms with Crippen LogP contribution in [0.2, 0.25) is 0 Å². The monoisotopic (exact) mass is 400 g/mol. The number of nitrogens with one attached hydrogen (secondary N) is 2. The van der Waals surface area contributed by atoms with Crippen LogP contribution < -0.4 is 15.6 Å². The van der Waals surface area contributed by atoms with E-state index in [4.69, 9.17) is 4.74 Å². The summed E-state index contributed by atoms with van der Waals surface area (Å²) in [4.78, 5) is 42.1. The Bertz CT molecular complexity index is 1110. The number of carbonyl (C=O) groups is 1. The predicted octanol–water partition coefficient (Wildman–Crippen LogP) is 2.96. The van der Waals surface area contributed by atoms with Crippen LogP contribution >= 0.6 is 11.8 Å². The van der Waals surface area contributed by atoms with Gasteiger partial charge in [0.1, 0.15) is 5.75 Å². The number of benzene rings is 2. The van der Waals surface area contributed by atoms with Gasteiger partial charge in [0.2, 0.25) is 5.91 Å². The summed E-state index contributed by atoms with van der Waals surface area (Å²) >= 11 is 1.07. The molecule has 0 aliphatic rings. The number of carbonyl (C=O) groups excluding carboxylic acids is 1. The molecule has 0 fully saturated rings. The first-order chi connectivity index (χ1) is 13.4. The maximum atomic E-state index is 12.5. The Hall–Kier alpha value is -3.40. The number of nitrogens with zero attached hydrogens (tertiary/aromatic N) is 2. The van der Waals surface area contributed by atoms with Crippen molar-refractivity contribution in [3.05, 3.63) is 62.9 Å². The molecule has 0 saturated heterocycles. The van der Waals surface area contributed by atoms with Gasteiger partial charge in [0.25, 0.3) is 11.2 Å². The third-order valence-corrected chi connectivity index (χ3v) is 4.88. The minimum atomic E-state index is -0.631. The first-order valence-electron chi connectivity index (χ1n) is 8.18. The number of methoxy groups -OCH3 is 1. The minimum Gasteiger partial charge on any atom is -0.495 e. The molecule has 0 radical (unpaired) electrons. The molecular weight excluding hydrogens is 384 g/mol. The molecule has 1 atom stereocenters. The molecule has 144 valence electrons. The number of non-ortho nitro benzene ring substituents is 1. The number of ether oxygens (including phenoxy) is 1. The summed E-state index contributed by atoms with van der Waals surface area (Å²) in [5.41, 5.74) is 0.258. The number of nitro benzene ring substituents is 1. The zero-order chi connectivity index (χ0) is 20.3. The van der Waals surface area contributed by atoms with Crippen molar-refractivity contribution in [2.45, 2.75) is 17.3 Å². The Morgan fingerprint density at radius 2 is 2.07 bits per heavy atom. The summed E-state index contributed by atoms with van der Waals surface area (Å²) in [7, 11) is 1.40. The van der Waals surface area contributed by atoms with Crippen LogP contribution in [-0.2, 0) is 4.79 Å². The van der Waals surface area contributed by atoms with Gasteiger partial charge < -0.3 is 15.0 Å². The molecule has 0 spiro atoms. The fourth-order valence-corrected chi connectivity index (χ4v) is 3.29. The van der Waals surface area contributed by atoms with Crippen LogP contribution in [0, 0.1) is 10.1 Å². The number of anilines is 1. The zero-order valence-corrected chi connectivity index (χ0v) is 15.8. The number of rotatable bonds is 6. The fourth-order valence-electron chi connectivity index (χ4n) is 2.48. The Labute approximate surface area is 163 Å². The highest BCUT2D eigenvalue weighted by molar-refractivity contribution is 8.00. The second-order valence-electron chi connectivity index (χ2n) is 5.78. The van der Waals surface area contributed by atoms with Gasteiger partial charge >= 0.3 is 0 Å². The van der Waals surface area contributed by atoms with E-state index in [9.17, 15) is 19.7 Å². The van der Waals surface area contributed by atoms with E-state index in [0.29, 0.717) is 21.8 Å². The number of fused-ring (bicyclic) bond motifs is 1. The maximum absolute atomic E-state index is 12.5. The Morgan fingerprint density at radius 3 is 2.79 bits per heavy atom. The van der Waals surface area contributed by atoms with Crippen molar-refractivity contribution in [2.24, 2.45) is 0 Å². The molecule has 9 nitrogen and oxygen atoms in total. The number of aromatic nitrogens is 2. The number of aromatic amines is 1. The fraction of sp³-hybridized carbons (Fsp3) is 0.167. The quantitative estimate of drug-likeness (QED) is 0.282. The van der Waals surface area contributed by atoms with Crippen molar-refractivity contribution in [2.75, 3.05) is 12.4 Å². The molecule has 28 heavy (non-hydrogen) atoms. The van der Waals surface area contributed by atoms with Gasteiger partial charge in [0.15, 0.2) is 5.16 Å². The van der Waals surface area contributed by atoms with Crippen molar-refractivity contribution in [1.29, 1.82) is 0 Å². The summed E-state index contributed by atoms with van der Waals surface area (Å²) in [6.45, 7) is 1.64. The number of nitro groups is 1. The molecule has 0 aliphatic heterocycles. The van der Waals surface area contributed by atoms with Gasteiger partial charge in [-0.05, 0) is 25.1 Å². The molecule has 1 amide bonds. The van der Waals surface area contributed by atoms with Gasteiger partial charge in [0.05, 0.1) is 33.9 Å². The van der Waals surface area contributed by atoms with Crippen LogP contribution in [0.3, 0.4) is 0 Å². The molecule has 0 bridgehead atoms. The summed E-state index contributed by atoms with van der Waals surface area (Å²) in [6.07, 6.45) is 0. The van der Waals surface area contributed by atoms with Crippen molar-refractivity contribution in [3.63, 3.8) is 0 Å². The van der Waals surface area contributed by atoms with E-state index >= 15 is 0 Å². The molecule has 1 heterocycles. The average Bonchev–Trinajstić information content (AvgIpc) is 2.67. The topological polar surface area (TPSA) is 127 Å². The largest absolute Gasteiger partial charge is 0.495 e. The van der Waals surface area contributed by atoms with Gasteiger partial charge in [-0.15, -0.1) is 0 Å². The number of thioether (sulfide) groups is 1. The first kappa shape index (κ1) is 19.4. The summed E-state index contributed by atoms with van der Waals surface area (Å²) in [6, 6.07) is 10.8. The molecule has 0 aliphatic carbocycles. The third-order valence-electron chi connectivity index (χ3n) is 3.90. The maximum Gasteiger partial charge on any atom is 0.271 e. The first-order valence-corrected chi connectivity index (χ1v) is 9.06. The number of para-hydroxylation sites is 1. The second kappa shape index (κ2) is 8.09. The van der Waals surface area contributed by atoms with Crippen LogP contribution in [0.25, 0.3) is 10.9 Å². The number of hydrogen-bond acceptors (Lipinski definition) is 7. The molecule has 3 rings (SSSR count). The van der Waals surface area contributed by atoms with Crippen molar-refractivity contribution in [1.82, 2.24) is 9.97 Å². The highest BCUT2D eigenvalue weighted by Gasteiger charge is 2.20. The van der Waals surface area contributed by atoms with Gasteiger partial charge in [-0.2, -0.15) is 0 Å². The molecular formula is C18H16N4O5S. The van der Waals surface area contributed by atoms with Crippen molar-refractivity contribution < 1.29 is 14.5 Å². The molecule has 1 aromatic heterocycles. The van der Waals surface area contributed by atoms with Crippen molar-refractivity contribution >= 4 is 39.9 Å². The number of H-pyrrole nitrogens is 1. The van der Waals surface area contributed by atoms with E-state index in [2.05, 4.69) is 15.3 Å². The normalized spacial score (nSPS) is 11.8. The lowest BCUT2D eigenvalue weighted by atomic mass is 10.2. The van der Waals surface area contributed by atoms with Crippen LogP contribution in [0.5, 0.6) is 5.75 Å². The molecule has 1 unspecified atom stereocenters. The van der Waals surface area contributed by atoms with E-state index < -0.39 is 16.1 Å². The molecule has 3 aromatic rings. The van der Waals surface area contributed by atoms with Gasteiger partial charge in [-0.1, -0.05) is 23.9 Å². The Morgan fingerprint density at radius 1 is 1.32 bits per heavy atom. The number of amides is 1. The Kier molecular flexibility index (Phi) is 5.59. The standard InChI is InChI=1S/C18H16N4O5S/c1-10(28-18-20-13-6-4-3-5-12(13)17(24)21-18)16(23)19-14-9-11(22(25)26)7-8-15(14)27-2/h3-10H,1-2H3,(H,19,23)(H,20,21,24). The molecule has 10 heteroatoms. The minimum absolute atomic E-state index is 0.170. The van der Waals surface area contributed by atoms with Crippen LogP contribution in [-0.4, -0.2) is 33.2 Å². The molecule has 2 N–H and O–H groups in total. The highest BCUT2D eigenvalue weighted by Crippen LogP contribution is 2.30. The summed E-state index contributed by atoms with van der Waals surface area (Å²) in [5, 5.41) is 13.7. The van der Waals surface area contributed by atoms with E-state index in [1.165, 1.54) is 25.3 Å². The lowest BCUT2D eigenvalue weighted by Gasteiger charge is -2.14. The smallest absolute Gasteiger partial charge is 0.271 e. The predicted molar refractivity (Wildman–Crippen MR) is 106 cm³/mol. The van der Waals surface area contributed by atoms with Crippen LogP contribution in [0.1, 0.15) is 6.92 Å². The molecule has 0 saturated carbocycles. The number of hydrogen-bond donors (Lipinski definition) is 2. The SMILES string of the molecule is COc1ccc([N+](=O)[O-])cc1NC(=O)C(C)Sc1nc2ccccc2c(=O)[nH]1. The lowest BCUT2D eigenvalue weighted by molar-refractivity contribution is -0.384. The van der Waals surface area contributed by atoms with Gasteiger partial charge in [0, 0.05) is 12.1 Å². The summed E-state index contributed by atoms with van der Waals surface area (Å²) in [5.74, 6) is -0.118. The Balaban J connectivity index is 1.79. The van der Waals surface area contributed by atoms with Crippen LogP contribution in [0.4, 0.5) is 11.4 Å². The zero-order valence-electron chi connectivity index (χ0n) is 15.0. The second-order valence-corrected chi connectivity index (χ2v) is 7.11. The van der Waals surface area contributed by atoms with Gasteiger partial charge in [-0.3, -0.25) is 19.7 Å². The lowest BCUT2D eigenvalue weighted by Crippen LogP contribution is -2.23. The molecule has 2 aromatic carbocycles. The van der Waals surface area contributed by atoms with E-state index in [-0.39, 0.29) is 16.9 Å². The average molecular weight is 400 g/mol.